The van der Waals surface area contributed by atoms with Crippen LogP contribution in [0.15, 0.2) is 79.1 Å². The minimum absolute atomic E-state index is 0.269. The Morgan fingerprint density at radius 2 is 1.69 bits per heavy atom. The van der Waals surface area contributed by atoms with E-state index in [2.05, 4.69) is 58.4 Å². The molecule has 0 bridgehead atoms. The quantitative estimate of drug-likeness (QED) is 0.333. The van der Waals surface area contributed by atoms with Gasteiger partial charge in [-0.05, 0) is 42.5 Å². The summed E-state index contributed by atoms with van der Waals surface area (Å²) in [5.74, 6) is 1.11. The summed E-state index contributed by atoms with van der Waals surface area (Å²) < 4.78 is 0. The molecule has 5 rings (SSSR count). The van der Waals surface area contributed by atoms with E-state index < -0.39 is 0 Å². The molecule has 0 aliphatic carbocycles. The Labute approximate surface area is 213 Å². The number of hydrogen-bond donors (Lipinski definition) is 0. The summed E-state index contributed by atoms with van der Waals surface area (Å²) in [6, 6.07) is 22.9. The van der Waals surface area contributed by atoms with Gasteiger partial charge in [-0.25, -0.2) is 9.97 Å². The molecule has 0 N–H and O–H groups in total. The van der Waals surface area contributed by atoms with Crippen molar-refractivity contribution in [1.29, 1.82) is 0 Å². The highest BCUT2D eigenvalue weighted by Gasteiger charge is 2.22. The lowest BCUT2D eigenvalue weighted by atomic mass is 9.98. The first-order chi connectivity index (χ1) is 17.6. The molecule has 0 radical (unpaired) electrons. The second-order valence-corrected chi connectivity index (χ2v) is 9.58. The fourth-order valence-corrected chi connectivity index (χ4v) is 4.88. The van der Waals surface area contributed by atoms with Gasteiger partial charge >= 0.3 is 0 Å². The highest BCUT2D eigenvalue weighted by molar-refractivity contribution is 5.81. The molecule has 5 nitrogen and oxygen atoms in total. The second-order valence-electron chi connectivity index (χ2n) is 9.58. The SMILES string of the molecule is Cc1nc2c(c(-c3ccccc3)n1)CN(CCc1ccc(CC(=O)CCc3cccnc3)cc1)CC2. The number of ketones is 1. The van der Waals surface area contributed by atoms with Crippen LogP contribution in [-0.4, -0.2) is 38.7 Å². The van der Waals surface area contributed by atoms with E-state index in [1.165, 1.54) is 16.8 Å². The van der Waals surface area contributed by atoms with Gasteiger partial charge in [-0.15, -0.1) is 0 Å². The summed E-state index contributed by atoms with van der Waals surface area (Å²) in [6.45, 7) is 4.87. The van der Waals surface area contributed by atoms with Gasteiger partial charge in [-0.2, -0.15) is 0 Å². The van der Waals surface area contributed by atoms with E-state index in [1.807, 2.05) is 31.3 Å². The van der Waals surface area contributed by atoms with Gasteiger partial charge in [-0.1, -0.05) is 60.7 Å². The van der Waals surface area contributed by atoms with Crippen LogP contribution in [0.2, 0.25) is 0 Å². The number of carbonyl (C=O) groups is 1. The zero-order valence-electron chi connectivity index (χ0n) is 20.9. The number of Topliss-reactive ketones (excluding diaryl/α,β-unsaturated/α-hetero) is 1. The van der Waals surface area contributed by atoms with Gasteiger partial charge in [0.05, 0.1) is 11.4 Å². The van der Waals surface area contributed by atoms with E-state index in [1.54, 1.807) is 6.20 Å². The standard InChI is InChI=1S/C31H32N4O/c1-23-33-30-16-19-35(22-29(30)31(34-23)27-7-3-2-4-8-27)18-15-24-9-11-25(12-10-24)20-28(36)14-13-26-6-5-17-32-21-26/h2-12,17,21H,13-16,18-20,22H2,1H3. The van der Waals surface area contributed by atoms with Crippen molar-refractivity contribution in [2.75, 3.05) is 13.1 Å². The van der Waals surface area contributed by atoms with Crippen LogP contribution in [0.1, 0.15) is 40.2 Å². The van der Waals surface area contributed by atoms with Crippen molar-refractivity contribution in [3.8, 4) is 11.3 Å². The fraction of sp³-hybridized carbons (Fsp3) is 0.290. The maximum absolute atomic E-state index is 12.4. The maximum Gasteiger partial charge on any atom is 0.137 e. The maximum atomic E-state index is 12.4. The number of aryl methyl sites for hydroxylation is 2. The van der Waals surface area contributed by atoms with Crippen LogP contribution in [0.25, 0.3) is 11.3 Å². The number of fused-ring (bicyclic) bond motifs is 1. The fourth-order valence-electron chi connectivity index (χ4n) is 4.88. The van der Waals surface area contributed by atoms with Gasteiger partial charge in [-0.3, -0.25) is 14.7 Å². The van der Waals surface area contributed by atoms with E-state index in [0.29, 0.717) is 12.8 Å². The van der Waals surface area contributed by atoms with Gasteiger partial charge in [0.25, 0.3) is 0 Å². The summed E-state index contributed by atoms with van der Waals surface area (Å²) in [5, 5.41) is 0. The zero-order valence-corrected chi connectivity index (χ0v) is 20.9. The number of carbonyl (C=O) groups excluding carboxylic acids is 1. The first-order valence-corrected chi connectivity index (χ1v) is 12.8. The number of pyridine rings is 1. The molecule has 0 amide bonds. The lowest BCUT2D eigenvalue weighted by molar-refractivity contribution is -0.118. The average molecular weight is 477 g/mol. The Morgan fingerprint density at radius 3 is 2.47 bits per heavy atom. The highest BCUT2D eigenvalue weighted by atomic mass is 16.1. The molecule has 5 heteroatoms. The number of rotatable bonds is 9. The molecule has 1 aliphatic heterocycles. The topological polar surface area (TPSA) is 59.0 Å². The Hall–Kier alpha value is -3.70. The van der Waals surface area contributed by atoms with E-state index in [0.717, 1.165) is 67.1 Å². The molecular formula is C31H32N4O. The largest absolute Gasteiger partial charge is 0.299 e. The van der Waals surface area contributed by atoms with E-state index in [-0.39, 0.29) is 5.78 Å². The molecule has 182 valence electrons. The third-order valence-electron chi connectivity index (χ3n) is 6.85. The van der Waals surface area contributed by atoms with Crippen molar-refractivity contribution in [1.82, 2.24) is 19.9 Å². The highest BCUT2D eigenvalue weighted by Crippen LogP contribution is 2.28. The van der Waals surface area contributed by atoms with Gasteiger partial charge in [0, 0.05) is 62.4 Å². The van der Waals surface area contributed by atoms with Crippen molar-refractivity contribution >= 4 is 5.78 Å². The summed E-state index contributed by atoms with van der Waals surface area (Å²) >= 11 is 0. The monoisotopic (exact) mass is 476 g/mol. The molecule has 2 aromatic carbocycles. The van der Waals surface area contributed by atoms with Crippen molar-refractivity contribution in [2.24, 2.45) is 0 Å². The van der Waals surface area contributed by atoms with Gasteiger partial charge in [0.15, 0.2) is 0 Å². The molecule has 36 heavy (non-hydrogen) atoms. The summed E-state index contributed by atoms with van der Waals surface area (Å²) in [7, 11) is 0. The Balaban J connectivity index is 1.16. The van der Waals surface area contributed by atoms with Crippen molar-refractivity contribution in [2.45, 2.75) is 45.6 Å². The lowest BCUT2D eigenvalue weighted by Crippen LogP contribution is -2.33. The van der Waals surface area contributed by atoms with Gasteiger partial charge in [0.1, 0.15) is 11.6 Å². The molecule has 0 spiro atoms. The van der Waals surface area contributed by atoms with Crippen LogP contribution in [0.5, 0.6) is 0 Å². The van der Waals surface area contributed by atoms with E-state index in [9.17, 15) is 4.79 Å². The third kappa shape index (κ3) is 6.10. The summed E-state index contributed by atoms with van der Waals surface area (Å²) in [6.07, 6.45) is 7.33. The van der Waals surface area contributed by atoms with Crippen molar-refractivity contribution < 1.29 is 4.79 Å². The molecule has 2 aromatic heterocycles. The number of nitrogens with zero attached hydrogens (tertiary/aromatic N) is 4. The molecule has 0 atom stereocenters. The molecule has 0 saturated heterocycles. The van der Waals surface area contributed by atoms with E-state index in [4.69, 9.17) is 9.97 Å². The molecular weight excluding hydrogens is 444 g/mol. The van der Waals surface area contributed by atoms with Crippen LogP contribution < -0.4 is 0 Å². The third-order valence-corrected chi connectivity index (χ3v) is 6.85. The number of benzene rings is 2. The molecule has 0 unspecified atom stereocenters. The van der Waals surface area contributed by atoms with Crippen LogP contribution in [0.4, 0.5) is 0 Å². The molecule has 1 aliphatic rings. The molecule has 3 heterocycles. The van der Waals surface area contributed by atoms with Gasteiger partial charge in [0.2, 0.25) is 0 Å². The minimum atomic E-state index is 0.269. The predicted octanol–water partition coefficient (Wildman–Crippen LogP) is 5.19. The first kappa shape index (κ1) is 24.0. The smallest absolute Gasteiger partial charge is 0.137 e. The van der Waals surface area contributed by atoms with Crippen LogP contribution in [0.3, 0.4) is 0 Å². The number of aromatic nitrogens is 3. The Kier molecular flexibility index (Phi) is 7.58. The van der Waals surface area contributed by atoms with Crippen molar-refractivity contribution in [3.05, 3.63) is 113 Å². The zero-order chi connectivity index (χ0) is 24.7. The lowest BCUT2D eigenvalue weighted by Gasteiger charge is -2.29. The van der Waals surface area contributed by atoms with Crippen LogP contribution >= 0.6 is 0 Å². The average Bonchev–Trinajstić information content (AvgIpc) is 2.92. The number of hydrogen-bond acceptors (Lipinski definition) is 5. The van der Waals surface area contributed by atoms with Crippen LogP contribution in [0, 0.1) is 6.92 Å². The summed E-state index contributed by atoms with van der Waals surface area (Å²) in [4.78, 5) is 28.6. The summed E-state index contributed by atoms with van der Waals surface area (Å²) in [5.41, 5.74) is 8.18. The Morgan fingerprint density at radius 1 is 0.889 bits per heavy atom. The molecule has 4 aromatic rings. The predicted molar refractivity (Wildman–Crippen MR) is 143 cm³/mol. The first-order valence-electron chi connectivity index (χ1n) is 12.8. The molecule has 0 fully saturated rings. The Bertz CT molecular complexity index is 1300. The molecule has 0 saturated carbocycles. The normalized spacial score (nSPS) is 13.4. The van der Waals surface area contributed by atoms with E-state index >= 15 is 0 Å². The van der Waals surface area contributed by atoms with Gasteiger partial charge < -0.3 is 0 Å². The van der Waals surface area contributed by atoms with Crippen LogP contribution in [-0.2, 0) is 37.0 Å². The van der Waals surface area contributed by atoms with Crippen molar-refractivity contribution in [3.63, 3.8) is 0 Å². The second kappa shape index (κ2) is 11.4. The minimum Gasteiger partial charge on any atom is -0.299 e.